The molecule has 2 saturated carbocycles. The Kier molecular flexibility index (Phi) is 5.27. The fourth-order valence-electron chi connectivity index (χ4n) is 3.67. The second-order valence-electron chi connectivity index (χ2n) is 7.25. The van der Waals surface area contributed by atoms with Crippen molar-refractivity contribution in [3.63, 3.8) is 0 Å². The zero-order valence-electron chi connectivity index (χ0n) is 14.7. The number of rotatable bonds is 8. The van der Waals surface area contributed by atoms with Crippen molar-refractivity contribution in [3.05, 3.63) is 35.9 Å². The summed E-state index contributed by atoms with van der Waals surface area (Å²) in [4.78, 5) is 25.0. The van der Waals surface area contributed by atoms with Gasteiger partial charge in [-0.15, -0.1) is 0 Å². The standard InChI is InChI=1S/C19H27N3O3/c1-2-22(12-17(23)24)16-10-15(11-16)21-18(25)20-13-19(8-9-19)14-6-4-3-5-7-14/h3-7,15-16H,2,8-13H2,1H3,(H,23,24)(H2,20,21,25). The summed E-state index contributed by atoms with van der Waals surface area (Å²) in [6, 6.07) is 10.6. The number of nitrogens with zero attached hydrogens (tertiary/aromatic N) is 1. The van der Waals surface area contributed by atoms with Crippen LogP contribution < -0.4 is 10.6 Å². The van der Waals surface area contributed by atoms with E-state index in [0.717, 1.165) is 32.2 Å². The van der Waals surface area contributed by atoms with Crippen LogP contribution in [0, 0.1) is 0 Å². The molecule has 3 N–H and O–H groups in total. The number of aliphatic carboxylic acids is 1. The van der Waals surface area contributed by atoms with Crippen LogP contribution in [0.5, 0.6) is 0 Å². The van der Waals surface area contributed by atoms with Crippen LogP contribution in [0.25, 0.3) is 0 Å². The predicted octanol–water partition coefficient (Wildman–Crippen LogP) is 1.95. The molecule has 0 aliphatic heterocycles. The highest BCUT2D eigenvalue weighted by molar-refractivity contribution is 5.74. The maximum Gasteiger partial charge on any atom is 0.317 e. The van der Waals surface area contributed by atoms with E-state index in [-0.39, 0.29) is 30.1 Å². The van der Waals surface area contributed by atoms with Crippen LogP contribution in [-0.2, 0) is 10.2 Å². The van der Waals surface area contributed by atoms with Crippen molar-refractivity contribution in [2.24, 2.45) is 0 Å². The van der Waals surface area contributed by atoms with Crippen molar-refractivity contribution in [2.75, 3.05) is 19.6 Å². The monoisotopic (exact) mass is 345 g/mol. The van der Waals surface area contributed by atoms with Gasteiger partial charge in [-0.05, 0) is 37.8 Å². The van der Waals surface area contributed by atoms with Crippen LogP contribution >= 0.6 is 0 Å². The molecule has 0 spiro atoms. The Bertz CT molecular complexity index is 610. The summed E-state index contributed by atoms with van der Waals surface area (Å²) in [7, 11) is 0. The van der Waals surface area contributed by atoms with Crippen molar-refractivity contribution in [2.45, 2.75) is 50.1 Å². The number of benzene rings is 1. The minimum atomic E-state index is -0.799. The van der Waals surface area contributed by atoms with Gasteiger partial charge in [0, 0.05) is 24.0 Å². The molecule has 3 rings (SSSR count). The van der Waals surface area contributed by atoms with E-state index in [1.807, 2.05) is 30.0 Å². The van der Waals surface area contributed by atoms with Crippen molar-refractivity contribution in [1.29, 1.82) is 0 Å². The first-order valence-electron chi connectivity index (χ1n) is 9.08. The van der Waals surface area contributed by atoms with Crippen molar-refractivity contribution in [3.8, 4) is 0 Å². The highest BCUT2D eigenvalue weighted by atomic mass is 16.4. The summed E-state index contributed by atoms with van der Waals surface area (Å²) in [5, 5.41) is 14.9. The Morgan fingerprint density at radius 3 is 2.48 bits per heavy atom. The Hall–Kier alpha value is -2.08. The quantitative estimate of drug-likeness (QED) is 0.673. The third-order valence-corrected chi connectivity index (χ3v) is 5.54. The molecule has 2 aliphatic carbocycles. The third kappa shape index (κ3) is 4.31. The lowest BCUT2D eigenvalue weighted by Crippen LogP contribution is -2.56. The molecular weight excluding hydrogens is 318 g/mol. The minimum Gasteiger partial charge on any atom is -0.480 e. The molecule has 2 amide bonds. The molecule has 136 valence electrons. The number of carboxylic acid groups (broad SMARTS) is 1. The summed E-state index contributed by atoms with van der Waals surface area (Å²) >= 11 is 0. The Morgan fingerprint density at radius 2 is 1.92 bits per heavy atom. The number of carbonyl (C=O) groups is 2. The van der Waals surface area contributed by atoms with Gasteiger partial charge in [-0.3, -0.25) is 9.69 Å². The van der Waals surface area contributed by atoms with E-state index in [4.69, 9.17) is 5.11 Å². The Morgan fingerprint density at radius 1 is 1.24 bits per heavy atom. The second-order valence-corrected chi connectivity index (χ2v) is 7.25. The number of amides is 2. The molecule has 0 unspecified atom stereocenters. The fourth-order valence-corrected chi connectivity index (χ4v) is 3.67. The molecule has 0 aromatic heterocycles. The van der Waals surface area contributed by atoms with Gasteiger partial charge in [0.1, 0.15) is 0 Å². The largest absolute Gasteiger partial charge is 0.480 e. The number of nitrogens with one attached hydrogen (secondary N) is 2. The molecule has 2 fully saturated rings. The van der Waals surface area contributed by atoms with E-state index < -0.39 is 5.97 Å². The summed E-state index contributed by atoms with van der Waals surface area (Å²) in [6.07, 6.45) is 3.86. The first kappa shape index (κ1) is 17.7. The lowest BCUT2D eigenvalue weighted by molar-refractivity contribution is -0.139. The molecule has 6 nitrogen and oxygen atoms in total. The maximum atomic E-state index is 12.1. The highest BCUT2D eigenvalue weighted by Gasteiger charge is 2.44. The molecular formula is C19H27N3O3. The number of carboxylic acids is 1. The van der Waals surface area contributed by atoms with E-state index in [9.17, 15) is 9.59 Å². The van der Waals surface area contributed by atoms with Gasteiger partial charge in [0.2, 0.25) is 0 Å². The minimum absolute atomic E-state index is 0.0691. The van der Waals surface area contributed by atoms with Gasteiger partial charge >= 0.3 is 12.0 Å². The number of hydrogen-bond donors (Lipinski definition) is 3. The summed E-state index contributed by atoms with van der Waals surface area (Å²) in [6.45, 7) is 3.42. The number of likely N-dealkylation sites (N-methyl/N-ethyl adjacent to an activating group) is 1. The molecule has 1 aromatic carbocycles. The number of hydrogen-bond acceptors (Lipinski definition) is 3. The molecule has 0 radical (unpaired) electrons. The van der Waals surface area contributed by atoms with Gasteiger partial charge in [0.15, 0.2) is 0 Å². The average molecular weight is 345 g/mol. The molecule has 25 heavy (non-hydrogen) atoms. The first-order valence-corrected chi connectivity index (χ1v) is 9.08. The molecule has 6 heteroatoms. The topological polar surface area (TPSA) is 81.7 Å². The summed E-state index contributed by atoms with van der Waals surface area (Å²) in [5.74, 6) is -0.799. The lowest BCUT2D eigenvalue weighted by Gasteiger charge is -2.42. The van der Waals surface area contributed by atoms with Gasteiger partial charge in [-0.25, -0.2) is 4.79 Å². The first-order chi connectivity index (χ1) is 12.0. The molecule has 0 bridgehead atoms. The van der Waals surface area contributed by atoms with Gasteiger partial charge in [0.25, 0.3) is 0 Å². The van der Waals surface area contributed by atoms with Crippen LogP contribution in [0.1, 0.15) is 38.2 Å². The van der Waals surface area contributed by atoms with Crippen LogP contribution in [0.15, 0.2) is 30.3 Å². The average Bonchev–Trinajstić information content (AvgIpc) is 3.36. The maximum absolute atomic E-state index is 12.1. The van der Waals surface area contributed by atoms with E-state index in [0.29, 0.717) is 6.54 Å². The van der Waals surface area contributed by atoms with Crippen LogP contribution in [-0.4, -0.2) is 53.7 Å². The summed E-state index contributed by atoms with van der Waals surface area (Å²) < 4.78 is 0. The Balaban J connectivity index is 1.39. The van der Waals surface area contributed by atoms with Gasteiger partial charge < -0.3 is 15.7 Å². The molecule has 1 aromatic rings. The predicted molar refractivity (Wildman–Crippen MR) is 95.6 cm³/mol. The van der Waals surface area contributed by atoms with Crippen LogP contribution in [0.3, 0.4) is 0 Å². The van der Waals surface area contributed by atoms with E-state index in [1.54, 1.807) is 0 Å². The van der Waals surface area contributed by atoms with Crippen molar-refractivity contribution in [1.82, 2.24) is 15.5 Å². The SMILES string of the molecule is CCN(CC(=O)O)C1CC(NC(=O)NCC2(c3ccccc3)CC2)C1. The van der Waals surface area contributed by atoms with Crippen molar-refractivity contribution < 1.29 is 14.7 Å². The third-order valence-electron chi connectivity index (χ3n) is 5.54. The zero-order valence-corrected chi connectivity index (χ0v) is 14.7. The summed E-state index contributed by atoms with van der Waals surface area (Å²) in [5.41, 5.74) is 1.41. The highest BCUT2D eigenvalue weighted by Crippen LogP contribution is 2.47. The van der Waals surface area contributed by atoms with Crippen molar-refractivity contribution >= 4 is 12.0 Å². The van der Waals surface area contributed by atoms with E-state index >= 15 is 0 Å². The van der Waals surface area contributed by atoms with E-state index in [2.05, 4.69) is 22.8 Å². The second kappa shape index (κ2) is 7.44. The molecule has 2 aliphatic rings. The normalized spacial score (nSPS) is 23.6. The van der Waals surface area contributed by atoms with Gasteiger partial charge in [-0.2, -0.15) is 0 Å². The Labute approximate surface area is 148 Å². The lowest BCUT2D eigenvalue weighted by atomic mass is 9.85. The number of carbonyl (C=O) groups excluding carboxylic acids is 1. The molecule has 0 heterocycles. The smallest absolute Gasteiger partial charge is 0.317 e. The fraction of sp³-hybridized carbons (Fsp3) is 0.579. The van der Waals surface area contributed by atoms with Gasteiger partial charge in [-0.1, -0.05) is 37.3 Å². The van der Waals surface area contributed by atoms with Crippen LogP contribution in [0.2, 0.25) is 0 Å². The molecule has 0 atom stereocenters. The number of urea groups is 1. The zero-order chi connectivity index (χ0) is 17.9. The van der Waals surface area contributed by atoms with E-state index in [1.165, 1.54) is 5.56 Å². The van der Waals surface area contributed by atoms with Crippen LogP contribution in [0.4, 0.5) is 4.79 Å². The molecule has 0 saturated heterocycles. The van der Waals surface area contributed by atoms with Gasteiger partial charge in [0.05, 0.1) is 6.54 Å².